The molecule has 0 aliphatic heterocycles. The van der Waals surface area contributed by atoms with Crippen LogP contribution in [0.4, 0.5) is 4.79 Å². The fraction of sp³-hybridized carbons (Fsp3) is 0.300. The van der Waals surface area contributed by atoms with E-state index in [0.717, 1.165) is 22.3 Å². The van der Waals surface area contributed by atoms with E-state index in [4.69, 9.17) is 9.84 Å². The van der Waals surface area contributed by atoms with Crippen molar-refractivity contribution < 1.29 is 19.4 Å². The lowest BCUT2D eigenvalue weighted by Gasteiger charge is -2.18. The molecular weight excluding hydrogens is 332 g/mol. The second-order valence-corrected chi connectivity index (χ2v) is 6.15. The third kappa shape index (κ3) is 3.55. The molecule has 1 aliphatic rings. The minimum absolute atomic E-state index is 0.0376. The van der Waals surface area contributed by atoms with Gasteiger partial charge in [-0.2, -0.15) is 0 Å². The van der Waals surface area contributed by atoms with Crippen LogP contribution in [0.3, 0.4) is 0 Å². The number of hydrogen-bond acceptors (Lipinski definition) is 4. The normalized spacial score (nSPS) is 13.5. The van der Waals surface area contributed by atoms with E-state index in [2.05, 4.69) is 22.8 Å². The van der Waals surface area contributed by atoms with Crippen molar-refractivity contribution in [1.29, 1.82) is 0 Å². The van der Waals surface area contributed by atoms with E-state index < -0.39 is 12.1 Å². The van der Waals surface area contributed by atoms with Crippen LogP contribution in [-0.4, -0.2) is 43.4 Å². The van der Waals surface area contributed by atoms with Gasteiger partial charge in [0.25, 0.3) is 0 Å². The molecule has 0 bridgehead atoms. The van der Waals surface area contributed by atoms with E-state index >= 15 is 0 Å². The molecule has 1 aliphatic carbocycles. The number of aliphatic hydroxyl groups is 1. The van der Waals surface area contributed by atoms with Crippen LogP contribution in [-0.2, 0) is 9.53 Å². The first kappa shape index (κ1) is 17.9. The van der Waals surface area contributed by atoms with E-state index in [1.165, 1.54) is 7.05 Å². The summed E-state index contributed by atoms with van der Waals surface area (Å²) >= 11 is 0. The zero-order chi connectivity index (χ0) is 18.5. The van der Waals surface area contributed by atoms with Gasteiger partial charge in [-0.05, 0) is 28.7 Å². The van der Waals surface area contributed by atoms with Gasteiger partial charge in [0, 0.05) is 19.6 Å². The Labute approximate surface area is 152 Å². The van der Waals surface area contributed by atoms with Gasteiger partial charge in [0.2, 0.25) is 5.91 Å². The molecule has 0 fully saturated rings. The number of amides is 2. The highest BCUT2D eigenvalue weighted by Crippen LogP contribution is 2.44. The molecular formula is C20H22N2O4. The average molecular weight is 354 g/mol. The molecule has 0 saturated carbocycles. The molecule has 0 spiro atoms. The molecule has 3 N–H and O–H groups in total. The summed E-state index contributed by atoms with van der Waals surface area (Å²) < 4.78 is 5.40. The van der Waals surface area contributed by atoms with Gasteiger partial charge in [-0.1, -0.05) is 48.5 Å². The number of fused-ring (bicyclic) bond motifs is 3. The predicted molar refractivity (Wildman–Crippen MR) is 97.8 cm³/mol. The lowest BCUT2D eigenvalue weighted by atomic mass is 9.98. The fourth-order valence-corrected chi connectivity index (χ4v) is 3.35. The minimum atomic E-state index is -0.819. The van der Waals surface area contributed by atoms with Crippen molar-refractivity contribution >= 4 is 12.0 Å². The number of rotatable bonds is 6. The highest BCUT2D eigenvalue weighted by Gasteiger charge is 2.29. The summed E-state index contributed by atoms with van der Waals surface area (Å²) in [4.78, 5) is 23.9. The van der Waals surface area contributed by atoms with Crippen molar-refractivity contribution in [3.8, 4) is 11.1 Å². The van der Waals surface area contributed by atoms with E-state index in [1.807, 2.05) is 36.4 Å². The monoisotopic (exact) mass is 354 g/mol. The molecule has 2 aromatic rings. The van der Waals surface area contributed by atoms with Gasteiger partial charge in [-0.3, -0.25) is 4.79 Å². The Balaban J connectivity index is 1.70. The number of ether oxygens (including phenoxy) is 1. The van der Waals surface area contributed by atoms with Crippen LogP contribution >= 0.6 is 0 Å². The Bertz CT molecular complexity index is 760. The van der Waals surface area contributed by atoms with Gasteiger partial charge in [-0.25, -0.2) is 4.79 Å². The lowest BCUT2D eigenvalue weighted by Crippen LogP contribution is -2.46. The van der Waals surface area contributed by atoms with Crippen LogP contribution in [0.15, 0.2) is 48.5 Å². The third-order valence-corrected chi connectivity index (χ3v) is 4.62. The average Bonchev–Trinajstić information content (AvgIpc) is 2.99. The summed E-state index contributed by atoms with van der Waals surface area (Å²) in [5.41, 5.74) is 4.56. The Kier molecular flexibility index (Phi) is 5.53. The quantitative estimate of drug-likeness (QED) is 0.741. The first-order valence-corrected chi connectivity index (χ1v) is 8.59. The molecule has 136 valence electrons. The largest absolute Gasteiger partial charge is 0.449 e. The Morgan fingerprint density at radius 3 is 2.19 bits per heavy atom. The molecule has 26 heavy (non-hydrogen) atoms. The number of aliphatic hydroxyl groups excluding tert-OH is 1. The summed E-state index contributed by atoms with van der Waals surface area (Å²) in [6.07, 6.45) is -0.543. The van der Waals surface area contributed by atoms with Crippen molar-refractivity contribution in [3.63, 3.8) is 0 Å². The van der Waals surface area contributed by atoms with Gasteiger partial charge in [-0.15, -0.1) is 0 Å². The van der Waals surface area contributed by atoms with Gasteiger partial charge in [0.15, 0.2) is 0 Å². The Morgan fingerprint density at radius 1 is 1.08 bits per heavy atom. The summed E-state index contributed by atoms with van der Waals surface area (Å²) in [5.74, 6) is -0.406. The molecule has 3 rings (SSSR count). The van der Waals surface area contributed by atoms with Crippen molar-refractivity contribution in [2.45, 2.75) is 18.4 Å². The second-order valence-electron chi connectivity index (χ2n) is 6.15. The Hall–Kier alpha value is -2.86. The van der Waals surface area contributed by atoms with Gasteiger partial charge in [0.05, 0.1) is 0 Å². The fourth-order valence-electron chi connectivity index (χ4n) is 3.35. The second kappa shape index (κ2) is 8.01. The molecule has 1 atom stereocenters. The molecule has 2 amide bonds. The first-order valence-electron chi connectivity index (χ1n) is 8.59. The topological polar surface area (TPSA) is 87.7 Å². The lowest BCUT2D eigenvalue weighted by molar-refractivity contribution is -0.122. The molecule has 6 nitrogen and oxygen atoms in total. The van der Waals surface area contributed by atoms with Crippen molar-refractivity contribution in [1.82, 2.24) is 10.6 Å². The molecule has 0 unspecified atom stereocenters. The van der Waals surface area contributed by atoms with Crippen molar-refractivity contribution in [3.05, 3.63) is 59.7 Å². The molecule has 0 heterocycles. The summed E-state index contributed by atoms with van der Waals surface area (Å²) in [6.45, 7) is -0.0266. The SMILES string of the molecule is CNC(=O)[C@@H](CCO)NC(=O)OCC1c2ccccc2-c2ccccc21. The van der Waals surface area contributed by atoms with Gasteiger partial charge in [0.1, 0.15) is 12.6 Å². The van der Waals surface area contributed by atoms with E-state index in [9.17, 15) is 9.59 Å². The number of nitrogens with one attached hydrogen (secondary N) is 2. The van der Waals surface area contributed by atoms with Crippen LogP contribution in [0.25, 0.3) is 11.1 Å². The van der Waals surface area contributed by atoms with Crippen LogP contribution in [0.5, 0.6) is 0 Å². The number of likely N-dealkylation sites (N-methyl/N-ethyl adjacent to an activating group) is 1. The highest BCUT2D eigenvalue weighted by molar-refractivity contribution is 5.85. The number of carbonyl (C=O) groups is 2. The number of benzene rings is 2. The van der Waals surface area contributed by atoms with Crippen molar-refractivity contribution in [2.24, 2.45) is 0 Å². The smallest absolute Gasteiger partial charge is 0.407 e. The van der Waals surface area contributed by atoms with Crippen LogP contribution in [0.1, 0.15) is 23.5 Å². The maximum absolute atomic E-state index is 12.1. The summed E-state index contributed by atoms with van der Waals surface area (Å²) in [5, 5.41) is 14.0. The standard InChI is InChI=1S/C20H22N2O4/c1-21-19(24)18(10-11-23)22-20(25)26-12-17-15-8-4-2-6-13(15)14-7-3-5-9-16(14)17/h2-9,17-18,23H,10-12H2,1H3,(H,21,24)(H,22,25)/t18-/m1/s1. The zero-order valence-electron chi connectivity index (χ0n) is 14.6. The maximum atomic E-state index is 12.1. The van der Waals surface area contributed by atoms with Gasteiger partial charge < -0.3 is 20.5 Å². The van der Waals surface area contributed by atoms with Crippen LogP contribution < -0.4 is 10.6 Å². The Morgan fingerprint density at radius 2 is 1.65 bits per heavy atom. The van der Waals surface area contributed by atoms with E-state index in [1.54, 1.807) is 0 Å². The van der Waals surface area contributed by atoms with Crippen LogP contribution in [0.2, 0.25) is 0 Å². The molecule has 0 saturated heterocycles. The number of alkyl carbamates (subject to hydrolysis) is 1. The molecule has 0 aromatic heterocycles. The highest BCUT2D eigenvalue weighted by atomic mass is 16.5. The van der Waals surface area contributed by atoms with Crippen molar-refractivity contribution in [2.75, 3.05) is 20.3 Å². The summed E-state index contributed by atoms with van der Waals surface area (Å²) in [7, 11) is 1.48. The minimum Gasteiger partial charge on any atom is -0.449 e. The maximum Gasteiger partial charge on any atom is 0.407 e. The van der Waals surface area contributed by atoms with E-state index in [0.29, 0.717) is 0 Å². The van der Waals surface area contributed by atoms with Gasteiger partial charge >= 0.3 is 6.09 Å². The molecule has 2 aromatic carbocycles. The number of hydrogen-bond donors (Lipinski definition) is 3. The zero-order valence-corrected chi connectivity index (χ0v) is 14.6. The van der Waals surface area contributed by atoms with Crippen LogP contribution in [0, 0.1) is 0 Å². The first-order chi connectivity index (χ1) is 12.7. The van der Waals surface area contributed by atoms with E-state index in [-0.39, 0.29) is 31.5 Å². The predicted octanol–water partition coefficient (Wildman–Crippen LogP) is 2.02. The third-order valence-electron chi connectivity index (χ3n) is 4.62. The molecule has 6 heteroatoms. The number of carbonyl (C=O) groups excluding carboxylic acids is 2. The summed E-state index contributed by atoms with van der Waals surface area (Å²) in [6, 6.07) is 15.3. The molecule has 0 radical (unpaired) electrons.